The number of halogens is 2. The number of carbonyl (C=O) groups excluding carboxylic acids is 1. The van der Waals surface area contributed by atoms with Crippen LogP contribution >= 0.6 is 11.6 Å². The Balaban J connectivity index is 1.91. The summed E-state index contributed by atoms with van der Waals surface area (Å²) in [5.74, 6) is -0.538. The van der Waals surface area contributed by atoms with Crippen LogP contribution in [0.5, 0.6) is 0 Å². The van der Waals surface area contributed by atoms with Gasteiger partial charge in [-0.1, -0.05) is 29.8 Å². The third-order valence-electron chi connectivity index (χ3n) is 4.94. The van der Waals surface area contributed by atoms with Crippen molar-refractivity contribution in [3.63, 3.8) is 0 Å². The van der Waals surface area contributed by atoms with Crippen molar-refractivity contribution in [2.75, 3.05) is 0 Å². The van der Waals surface area contributed by atoms with Crippen molar-refractivity contribution in [1.82, 2.24) is 4.57 Å². The number of carbonyl (C=O) groups is 1. The molecule has 1 aliphatic carbocycles. The fourth-order valence-electron chi connectivity index (χ4n) is 3.94. The predicted octanol–water partition coefficient (Wildman–Crippen LogP) is 5.42. The van der Waals surface area contributed by atoms with Crippen LogP contribution in [0.25, 0.3) is 10.9 Å². The Morgan fingerprint density at radius 2 is 2.04 bits per heavy atom. The number of hydrogen-bond donors (Lipinski definition) is 0. The molecule has 0 saturated heterocycles. The zero-order valence-electron chi connectivity index (χ0n) is 14.5. The second-order valence-electron chi connectivity index (χ2n) is 6.70. The van der Waals surface area contributed by atoms with Gasteiger partial charge >= 0.3 is 5.97 Å². The molecule has 2 aromatic carbocycles. The Hall–Kier alpha value is -2.33. The van der Waals surface area contributed by atoms with Crippen LogP contribution < -0.4 is 0 Å². The molecule has 0 N–H and O–H groups in total. The molecule has 0 spiro atoms. The monoisotopic (exact) mass is 371 g/mol. The van der Waals surface area contributed by atoms with Crippen LogP contribution in [0.15, 0.2) is 42.5 Å². The molecule has 134 valence electrons. The lowest BCUT2D eigenvalue weighted by atomic mass is 9.93. The summed E-state index contributed by atoms with van der Waals surface area (Å²) in [6, 6.07) is 12.8. The Labute approximate surface area is 156 Å². The van der Waals surface area contributed by atoms with E-state index < -0.39 is 0 Å². The molecule has 3 aromatic rings. The van der Waals surface area contributed by atoms with Gasteiger partial charge in [0.2, 0.25) is 0 Å². The number of rotatable bonds is 3. The van der Waals surface area contributed by atoms with Crippen LogP contribution in [0.2, 0.25) is 5.02 Å². The minimum Gasteiger partial charge on any atom is -0.456 e. The summed E-state index contributed by atoms with van der Waals surface area (Å²) in [6.07, 6.45) is 2.08. The summed E-state index contributed by atoms with van der Waals surface area (Å²) in [5.41, 5.74) is 3.78. The summed E-state index contributed by atoms with van der Waals surface area (Å²) >= 11 is 5.99. The molecule has 26 heavy (non-hydrogen) atoms. The molecular formula is C21H19ClFNO2. The van der Waals surface area contributed by atoms with E-state index in [9.17, 15) is 9.18 Å². The number of benzene rings is 2. The first-order valence-electron chi connectivity index (χ1n) is 8.75. The Bertz CT molecular complexity index is 978. The van der Waals surface area contributed by atoms with Crippen molar-refractivity contribution in [3.05, 3.63) is 70.1 Å². The Kier molecular flexibility index (Phi) is 4.45. The molecule has 3 nitrogen and oxygen atoms in total. The van der Waals surface area contributed by atoms with Crippen LogP contribution in [0.3, 0.4) is 0 Å². The average Bonchev–Trinajstić information content (AvgIpc) is 2.93. The molecule has 5 heteroatoms. The molecule has 1 aliphatic rings. The van der Waals surface area contributed by atoms with E-state index in [1.165, 1.54) is 13.0 Å². The van der Waals surface area contributed by atoms with E-state index in [-0.39, 0.29) is 17.9 Å². The van der Waals surface area contributed by atoms with Gasteiger partial charge in [0.05, 0.1) is 11.2 Å². The van der Waals surface area contributed by atoms with Gasteiger partial charge in [-0.25, -0.2) is 4.39 Å². The first-order valence-corrected chi connectivity index (χ1v) is 9.13. The molecule has 1 heterocycles. The maximum atomic E-state index is 14.6. The molecule has 0 amide bonds. The molecule has 1 unspecified atom stereocenters. The Morgan fingerprint density at radius 1 is 1.27 bits per heavy atom. The maximum absolute atomic E-state index is 14.6. The molecule has 0 saturated carbocycles. The minimum absolute atomic E-state index is 0.225. The van der Waals surface area contributed by atoms with Crippen molar-refractivity contribution in [2.24, 2.45) is 0 Å². The molecule has 0 bridgehead atoms. The molecule has 4 rings (SSSR count). The first kappa shape index (κ1) is 17.1. The fraction of sp³-hybridized carbons (Fsp3) is 0.286. The lowest BCUT2D eigenvalue weighted by molar-refractivity contribution is -0.147. The standard InChI is InChI=1S/C21H19ClFNO2/c1-13(25)26-19-7-2-4-16-20-17(23)5-3-6-18(20)24(21(16)19)12-14-8-10-15(22)11-9-14/h3,5-6,8-11,19H,2,4,7,12H2,1H3. The SMILES string of the molecule is CC(=O)OC1CCCc2c1n(Cc1ccc(Cl)cc1)c1cccc(F)c21. The van der Waals surface area contributed by atoms with E-state index in [0.717, 1.165) is 41.6 Å². The zero-order valence-corrected chi connectivity index (χ0v) is 15.2. The van der Waals surface area contributed by atoms with Gasteiger partial charge in [-0.05, 0) is 54.7 Å². The first-order chi connectivity index (χ1) is 12.5. The highest BCUT2D eigenvalue weighted by molar-refractivity contribution is 6.30. The number of ether oxygens (including phenoxy) is 1. The number of hydrogen-bond acceptors (Lipinski definition) is 2. The molecule has 0 fully saturated rings. The molecule has 1 aromatic heterocycles. The number of aryl methyl sites for hydroxylation is 1. The second-order valence-corrected chi connectivity index (χ2v) is 7.14. The highest BCUT2D eigenvalue weighted by atomic mass is 35.5. The number of fused-ring (bicyclic) bond motifs is 3. The van der Waals surface area contributed by atoms with Crippen molar-refractivity contribution in [2.45, 2.75) is 38.8 Å². The van der Waals surface area contributed by atoms with Gasteiger partial charge in [0.1, 0.15) is 11.9 Å². The topological polar surface area (TPSA) is 31.2 Å². The van der Waals surface area contributed by atoms with Gasteiger partial charge in [-0.15, -0.1) is 0 Å². The van der Waals surface area contributed by atoms with E-state index in [2.05, 4.69) is 4.57 Å². The summed E-state index contributed by atoms with van der Waals surface area (Å²) in [5, 5.41) is 1.32. The quantitative estimate of drug-likeness (QED) is 0.575. The van der Waals surface area contributed by atoms with E-state index in [1.807, 2.05) is 30.3 Å². The summed E-state index contributed by atoms with van der Waals surface area (Å²) in [4.78, 5) is 11.6. The van der Waals surface area contributed by atoms with Gasteiger partial charge < -0.3 is 9.30 Å². The predicted molar refractivity (Wildman–Crippen MR) is 99.9 cm³/mol. The maximum Gasteiger partial charge on any atom is 0.303 e. The van der Waals surface area contributed by atoms with Crippen molar-refractivity contribution < 1.29 is 13.9 Å². The molecular weight excluding hydrogens is 353 g/mol. The normalized spacial score (nSPS) is 16.5. The lowest BCUT2D eigenvalue weighted by Gasteiger charge is -2.25. The zero-order chi connectivity index (χ0) is 18.3. The van der Waals surface area contributed by atoms with Crippen LogP contribution in [0.1, 0.15) is 42.7 Å². The number of nitrogens with zero attached hydrogens (tertiary/aromatic N) is 1. The molecule has 0 aliphatic heterocycles. The van der Waals surface area contributed by atoms with Crippen molar-refractivity contribution in [1.29, 1.82) is 0 Å². The van der Waals surface area contributed by atoms with Gasteiger partial charge in [0.15, 0.2) is 0 Å². The number of aromatic nitrogens is 1. The van der Waals surface area contributed by atoms with Gasteiger partial charge in [-0.2, -0.15) is 0 Å². The highest BCUT2D eigenvalue weighted by Crippen LogP contribution is 2.40. The largest absolute Gasteiger partial charge is 0.456 e. The minimum atomic E-state index is -0.338. The van der Waals surface area contributed by atoms with Crippen molar-refractivity contribution in [3.8, 4) is 0 Å². The summed E-state index contributed by atoms with van der Waals surface area (Å²) in [6.45, 7) is 1.99. The number of esters is 1. The van der Waals surface area contributed by atoms with Gasteiger partial charge in [0.25, 0.3) is 0 Å². The van der Waals surface area contributed by atoms with E-state index >= 15 is 0 Å². The summed E-state index contributed by atoms with van der Waals surface area (Å²) in [7, 11) is 0. The lowest BCUT2D eigenvalue weighted by Crippen LogP contribution is -2.19. The van der Waals surface area contributed by atoms with E-state index in [0.29, 0.717) is 17.0 Å². The van der Waals surface area contributed by atoms with Crippen LogP contribution in [-0.4, -0.2) is 10.5 Å². The third-order valence-corrected chi connectivity index (χ3v) is 5.20. The van der Waals surface area contributed by atoms with E-state index in [4.69, 9.17) is 16.3 Å². The third kappa shape index (κ3) is 2.99. The van der Waals surface area contributed by atoms with Gasteiger partial charge in [-0.3, -0.25) is 4.79 Å². The Morgan fingerprint density at radius 3 is 2.77 bits per heavy atom. The molecule has 0 radical (unpaired) electrons. The van der Waals surface area contributed by atoms with Gasteiger partial charge in [0, 0.05) is 23.9 Å². The van der Waals surface area contributed by atoms with Crippen LogP contribution in [0.4, 0.5) is 4.39 Å². The van der Waals surface area contributed by atoms with Crippen molar-refractivity contribution >= 4 is 28.5 Å². The average molecular weight is 372 g/mol. The smallest absolute Gasteiger partial charge is 0.303 e. The van der Waals surface area contributed by atoms with E-state index in [1.54, 1.807) is 6.07 Å². The highest BCUT2D eigenvalue weighted by Gasteiger charge is 2.30. The second kappa shape index (κ2) is 6.76. The van der Waals surface area contributed by atoms with Crippen LogP contribution in [0, 0.1) is 5.82 Å². The summed E-state index contributed by atoms with van der Waals surface area (Å²) < 4.78 is 22.3. The molecule has 1 atom stereocenters. The fourth-order valence-corrected chi connectivity index (χ4v) is 4.06. The van der Waals surface area contributed by atoms with Crippen LogP contribution in [-0.2, 0) is 22.5 Å².